The van der Waals surface area contributed by atoms with E-state index in [1.807, 2.05) is 26.1 Å². The molecular formula is C13H18N4O2S2. The lowest BCUT2D eigenvalue weighted by Gasteiger charge is -2.06. The molecule has 0 aliphatic heterocycles. The summed E-state index contributed by atoms with van der Waals surface area (Å²) in [5, 5.41) is 11.9. The van der Waals surface area contributed by atoms with Crippen LogP contribution in [-0.2, 0) is 22.9 Å². The van der Waals surface area contributed by atoms with Crippen LogP contribution in [0.25, 0.3) is 0 Å². The van der Waals surface area contributed by atoms with E-state index in [1.54, 1.807) is 12.1 Å². The molecule has 1 aromatic carbocycles. The lowest BCUT2D eigenvalue weighted by Crippen LogP contribution is -2.13. The number of aromatic nitrogens is 2. The van der Waals surface area contributed by atoms with Gasteiger partial charge in [-0.25, -0.2) is 8.42 Å². The molecule has 0 bridgehead atoms. The van der Waals surface area contributed by atoms with Crippen LogP contribution in [0.2, 0.25) is 0 Å². The third kappa shape index (κ3) is 4.23. The van der Waals surface area contributed by atoms with Crippen LogP contribution >= 0.6 is 11.3 Å². The van der Waals surface area contributed by atoms with E-state index in [2.05, 4.69) is 20.2 Å². The van der Waals surface area contributed by atoms with Crippen LogP contribution in [0.15, 0.2) is 29.2 Å². The SMILES string of the molecule is CCc1nnc(NS(=O)(=O)c2ccc(CCNC)cc2)s1. The Hall–Kier alpha value is -1.51. The van der Waals surface area contributed by atoms with Crippen molar-refractivity contribution in [3.05, 3.63) is 34.8 Å². The molecule has 0 aliphatic rings. The molecule has 0 radical (unpaired) electrons. The van der Waals surface area contributed by atoms with Crippen molar-refractivity contribution < 1.29 is 8.42 Å². The second-order valence-corrected chi connectivity index (χ2v) is 7.20. The van der Waals surface area contributed by atoms with Gasteiger partial charge in [-0.1, -0.05) is 30.4 Å². The van der Waals surface area contributed by atoms with Crippen molar-refractivity contribution in [1.29, 1.82) is 0 Å². The fraction of sp³-hybridized carbons (Fsp3) is 0.385. The maximum absolute atomic E-state index is 12.2. The first-order valence-corrected chi connectivity index (χ1v) is 8.94. The summed E-state index contributed by atoms with van der Waals surface area (Å²) in [6, 6.07) is 6.86. The first-order valence-electron chi connectivity index (χ1n) is 6.64. The molecular weight excluding hydrogens is 308 g/mol. The van der Waals surface area contributed by atoms with Gasteiger partial charge >= 0.3 is 0 Å². The smallest absolute Gasteiger partial charge is 0.263 e. The number of hydrogen-bond acceptors (Lipinski definition) is 6. The van der Waals surface area contributed by atoms with Crippen LogP contribution in [0.5, 0.6) is 0 Å². The zero-order chi connectivity index (χ0) is 15.3. The van der Waals surface area contributed by atoms with Crippen LogP contribution in [0.4, 0.5) is 5.13 Å². The molecule has 1 heterocycles. The Kier molecular flexibility index (Phi) is 5.27. The normalized spacial score (nSPS) is 11.5. The summed E-state index contributed by atoms with van der Waals surface area (Å²) in [4.78, 5) is 0.226. The third-order valence-corrected chi connectivity index (χ3v) is 5.36. The summed E-state index contributed by atoms with van der Waals surface area (Å²) >= 11 is 1.25. The molecule has 2 N–H and O–H groups in total. The predicted octanol–water partition coefficient (Wildman–Crippen LogP) is 1.66. The van der Waals surface area contributed by atoms with Crippen molar-refractivity contribution in [3.8, 4) is 0 Å². The van der Waals surface area contributed by atoms with Crippen molar-refractivity contribution in [2.75, 3.05) is 18.3 Å². The fourth-order valence-corrected chi connectivity index (χ4v) is 3.63. The Morgan fingerprint density at radius 2 is 1.90 bits per heavy atom. The molecule has 0 fully saturated rings. The summed E-state index contributed by atoms with van der Waals surface area (Å²) < 4.78 is 26.9. The topological polar surface area (TPSA) is 84.0 Å². The van der Waals surface area contributed by atoms with Crippen LogP contribution in [0, 0.1) is 0 Å². The maximum atomic E-state index is 12.2. The number of nitrogens with zero attached hydrogens (tertiary/aromatic N) is 2. The molecule has 8 heteroatoms. The highest BCUT2D eigenvalue weighted by Crippen LogP contribution is 2.20. The van der Waals surface area contributed by atoms with Gasteiger partial charge in [-0.05, 0) is 44.1 Å². The number of anilines is 1. The Balaban J connectivity index is 2.11. The first-order chi connectivity index (χ1) is 10.0. The van der Waals surface area contributed by atoms with Gasteiger partial charge in [-0.3, -0.25) is 4.72 Å². The van der Waals surface area contributed by atoms with Crippen molar-refractivity contribution in [1.82, 2.24) is 15.5 Å². The molecule has 21 heavy (non-hydrogen) atoms. The van der Waals surface area contributed by atoms with Crippen LogP contribution < -0.4 is 10.0 Å². The average Bonchev–Trinajstić information content (AvgIpc) is 2.92. The Labute approximate surface area is 128 Å². The molecule has 0 saturated heterocycles. The monoisotopic (exact) mass is 326 g/mol. The van der Waals surface area contributed by atoms with E-state index in [4.69, 9.17) is 0 Å². The maximum Gasteiger partial charge on any atom is 0.263 e. The fourth-order valence-electron chi connectivity index (χ4n) is 1.72. The van der Waals surface area contributed by atoms with Gasteiger partial charge in [0.2, 0.25) is 5.13 Å². The summed E-state index contributed by atoms with van der Waals surface area (Å²) in [5.74, 6) is 0. The number of sulfonamides is 1. The molecule has 0 unspecified atom stereocenters. The van der Waals surface area contributed by atoms with E-state index in [1.165, 1.54) is 11.3 Å². The number of nitrogens with one attached hydrogen (secondary N) is 2. The van der Waals surface area contributed by atoms with Gasteiger partial charge in [0.05, 0.1) is 4.90 Å². The minimum absolute atomic E-state index is 0.226. The van der Waals surface area contributed by atoms with Gasteiger partial charge in [0, 0.05) is 0 Å². The zero-order valence-electron chi connectivity index (χ0n) is 12.0. The highest BCUT2D eigenvalue weighted by Gasteiger charge is 2.16. The summed E-state index contributed by atoms with van der Waals surface area (Å²) in [7, 11) is -1.72. The van der Waals surface area contributed by atoms with Crippen molar-refractivity contribution in [3.63, 3.8) is 0 Å². The average molecular weight is 326 g/mol. The first kappa shape index (κ1) is 15.9. The van der Waals surface area contributed by atoms with Crippen molar-refractivity contribution >= 4 is 26.5 Å². The minimum Gasteiger partial charge on any atom is -0.319 e. The third-order valence-electron chi connectivity index (χ3n) is 2.89. The molecule has 2 rings (SSSR count). The van der Waals surface area contributed by atoms with Gasteiger partial charge in [0.1, 0.15) is 5.01 Å². The Morgan fingerprint density at radius 3 is 2.48 bits per heavy atom. The van der Waals surface area contributed by atoms with Crippen molar-refractivity contribution in [2.45, 2.75) is 24.7 Å². The van der Waals surface area contributed by atoms with E-state index >= 15 is 0 Å². The van der Waals surface area contributed by atoms with Crippen LogP contribution in [0.3, 0.4) is 0 Å². The molecule has 0 amide bonds. The largest absolute Gasteiger partial charge is 0.319 e. The quantitative estimate of drug-likeness (QED) is 0.808. The lowest BCUT2D eigenvalue weighted by atomic mass is 10.1. The predicted molar refractivity (Wildman–Crippen MR) is 84.2 cm³/mol. The van der Waals surface area contributed by atoms with E-state index < -0.39 is 10.0 Å². The molecule has 0 atom stereocenters. The number of aryl methyl sites for hydroxylation is 1. The van der Waals surface area contributed by atoms with Crippen LogP contribution in [-0.4, -0.2) is 32.2 Å². The number of likely N-dealkylation sites (N-methyl/N-ethyl adjacent to an activating group) is 1. The van der Waals surface area contributed by atoms with Crippen LogP contribution in [0.1, 0.15) is 17.5 Å². The number of benzene rings is 1. The molecule has 114 valence electrons. The summed E-state index contributed by atoms with van der Waals surface area (Å²) in [5.41, 5.74) is 1.09. The molecule has 1 aromatic heterocycles. The molecule has 6 nitrogen and oxygen atoms in total. The minimum atomic E-state index is -3.60. The van der Waals surface area contributed by atoms with Gasteiger partial charge in [0.25, 0.3) is 10.0 Å². The molecule has 0 aliphatic carbocycles. The lowest BCUT2D eigenvalue weighted by molar-refractivity contribution is 0.601. The highest BCUT2D eigenvalue weighted by molar-refractivity contribution is 7.93. The number of hydrogen-bond donors (Lipinski definition) is 2. The zero-order valence-corrected chi connectivity index (χ0v) is 13.6. The summed E-state index contributed by atoms with van der Waals surface area (Å²) in [6.45, 7) is 2.80. The highest BCUT2D eigenvalue weighted by atomic mass is 32.2. The molecule has 0 spiro atoms. The van der Waals surface area contributed by atoms with E-state index in [-0.39, 0.29) is 4.90 Å². The van der Waals surface area contributed by atoms with Gasteiger partial charge in [0.15, 0.2) is 0 Å². The standard InChI is InChI=1S/C13H18N4O2S2/c1-3-12-15-16-13(20-12)17-21(18,19)11-6-4-10(5-7-11)8-9-14-2/h4-7,14H,3,8-9H2,1-2H3,(H,16,17). The molecule has 2 aromatic rings. The van der Waals surface area contributed by atoms with Gasteiger partial charge in [-0.15, -0.1) is 10.2 Å². The van der Waals surface area contributed by atoms with E-state index in [9.17, 15) is 8.42 Å². The van der Waals surface area contributed by atoms with Gasteiger partial charge in [-0.2, -0.15) is 0 Å². The summed E-state index contributed by atoms with van der Waals surface area (Å²) in [6.07, 6.45) is 1.60. The molecule has 0 saturated carbocycles. The second kappa shape index (κ2) is 6.97. The van der Waals surface area contributed by atoms with E-state index in [0.29, 0.717) is 5.13 Å². The van der Waals surface area contributed by atoms with E-state index in [0.717, 1.165) is 30.0 Å². The number of rotatable bonds is 7. The second-order valence-electron chi connectivity index (χ2n) is 4.46. The Bertz CT molecular complexity index is 680. The van der Waals surface area contributed by atoms with Gasteiger partial charge < -0.3 is 5.32 Å². The van der Waals surface area contributed by atoms with Crippen molar-refractivity contribution in [2.24, 2.45) is 0 Å². The Morgan fingerprint density at radius 1 is 1.19 bits per heavy atom.